The van der Waals surface area contributed by atoms with Gasteiger partial charge in [-0.3, -0.25) is 4.99 Å². The van der Waals surface area contributed by atoms with E-state index in [1.165, 1.54) is 28.1 Å². The SMILES string of the molecule is CCCC1=C(C=NC)CN(c2cccc(COC(CCNC)c3ccccc3)c2)CCN1C. The van der Waals surface area contributed by atoms with Gasteiger partial charge in [-0.05, 0) is 49.7 Å². The van der Waals surface area contributed by atoms with Crippen LogP contribution in [0.15, 0.2) is 70.9 Å². The molecule has 0 spiro atoms. The average Bonchev–Trinajstić information content (AvgIpc) is 2.99. The fraction of sp³-hybridized carbons (Fsp3) is 0.464. The van der Waals surface area contributed by atoms with Crippen molar-refractivity contribution >= 4 is 11.9 Å². The minimum absolute atomic E-state index is 0.0843. The molecule has 1 atom stereocenters. The van der Waals surface area contributed by atoms with E-state index in [1.54, 1.807) is 0 Å². The molecular formula is C28H40N4O. The van der Waals surface area contributed by atoms with Gasteiger partial charge in [0, 0.05) is 56.9 Å². The van der Waals surface area contributed by atoms with Crippen molar-refractivity contribution in [1.29, 1.82) is 0 Å². The van der Waals surface area contributed by atoms with Crippen LogP contribution in [0.2, 0.25) is 0 Å². The summed E-state index contributed by atoms with van der Waals surface area (Å²) in [6, 6.07) is 19.3. The Morgan fingerprint density at radius 2 is 1.94 bits per heavy atom. The van der Waals surface area contributed by atoms with Crippen LogP contribution < -0.4 is 10.2 Å². The predicted molar refractivity (Wildman–Crippen MR) is 140 cm³/mol. The first-order valence-corrected chi connectivity index (χ1v) is 12.2. The largest absolute Gasteiger partial charge is 0.376 e. The molecule has 0 amide bonds. The van der Waals surface area contributed by atoms with E-state index in [0.717, 1.165) is 45.4 Å². The molecule has 5 nitrogen and oxygen atoms in total. The Labute approximate surface area is 200 Å². The number of hydrogen-bond donors (Lipinski definition) is 1. The van der Waals surface area contributed by atoms with E-state index in [9.17, 15) is 0 Å². The maximum atomic E-state index is 6.41. The molecule has 1 heterocycles. The van der Waals surface area contributed by atoms with E-state index < -0.39 is 0 Å². The summed E-state index contributed by atoms with van der Waals surface area (Å²) in [5.41, 5.74) is 6.42. The number of nitrogens with one attached hydrogen (secondary N) is 1. The van der Waals surface area contributed by atoms with Gasteiger partial charge in [0.15, 0.2) is 0 Å². The molecule has 1 N–H and O–H groups in total. The zero-order valence-electron chi connectivity index (χ0n) is 20.8. The molecular weight excluding hydrogens is 408 g/mol. The van der Waals surface area contributed by atoms with Crippen molar-refractivity contribution in [1.82, 2.24) is 10.2 Å². The first kappa shape index (κ1) is 25.0. The molecule has 0 fully saturated rings. The van der Waals surface area contributed by atoms with Crippen molar-refractivity contribution in [3.63, 3.8) is 0 Å². The third-order valence-corrected chi connectivity index (χ3v) is 6.22. The van der Waals surface area contributed by atoms with Crippen LogP contribution in [0.3, 0.4) is 0 Å². The molecule has 1 aliphatic rings. The molecule has 5 heteroatoms. The smallest absolute Gasteiger partial charge is 0.0841 e. The molecule has 0 aromatic heterocycles. The van der Waals surface area contributed by atoms with Gasteiger partial charge in [0.2, 0.25) is 0 Å². The fourth-order valence-electron chi connectivity index (χ4n) is 4.44. The fourth-order valence-corrected chi connectivity index (χ4v) is 4.44. The molecule has 2 aromatic carbocycles. The highest BCUT2D eigenvalue weighted by molar-refractivity contribution is 5.81. The van der Waals surface area contributed by atoms with Crippen LogP contribution in [-0.2, 0) is 11.3 Å². The second-order valence-electron chi connectivity index (χ2n) is 8.72. The molecule has 178 valence electrons. The van der Waals surface area contributed by atoms with Crippen LogP contribution in [0, 0.1) is 0 Å². The number of nitrogens with zero attached hydrogens (tertiary/aromatic N) is 3. The first-order chi connectivity index (χ1) is 16.2. The highest BCUT2D eigenvalue weighted by atomic mass is 16.5. The molecule has 0 saturated heterocycles. The molecule has 1 aliphatic heterocycles. The third-order valence-electron chi connectivity index (χ3n) is 6.22. The molecule has 2 aromatic rings. The summed E-state index contributed by atoms with van der Waals surface area (Å²) >= 11 is 0. The van der Waals surface area contributed by atoms with E-state index >= 15 is 0 Å². The standard InChI is InChI=1S/C28H40N4O/c1-5-10-27-25(20-30-3)21-32(18-17-31(27)4)26-14-9-11-23(19-26)22-33-28(15-16-29-2)24-12-7-6-8-13-24/h6-9,11-14,19-20,28-29H,5,10,15-18,21-22H2,1-4H3. The Morgan fingerprint density at radius 3 is 2.67 bits per heavy atom. The Hall–Kier alpha value is -2.63. The van der Waals surface area contributed by atoms with Gasteiger partial charge in [0.1, 0.15) is 0 Å². The zero-order chi connectivity index (χ0) is 23.5. The monoisotopic (exact) mass is 448 g/mol. The number of benzene rings is 2. The first-order valence-electron chi connectivity index (χ1n) is 12.2. The van der Waals surface area contributed by atoms with Gasteiger partial charge in [-0.25, -0.2) is 0 Å². The van der Waals surface area contributed by atoms with Crippen LogP contribution in [0.1, 0.15) is 43.4 Å². The van der Waals surface area contributed by atoms with Gasteiger partial charge in [-0.1, -0.05) is 55.8 Å². The highest BCUT2D eigenvalue weighted by Gasteiger charge is 2.20. The van der Waals surface area contributed by atoms with Gasteiger partial charge in [-0.15, -0.1) is 0 Å². The summed E-state index contributed by atoms with van der Waals surface area (Å²) in [5, 5.41) is 3.25. The van der Waals surface area contributed by atoms with Crippen molar-refractivity contribution in [2.45, 2.75) is 38.9 Å². The van der Waals surface area contributed by atoms with Crippen LogP contribution in [0.4, 0.5) is 5.69 Å². The Bertz CT molecular complexity index is 909. The lowest BCUT2D eigenvalue weighted by atomic mass is 10.1. The Morgan fingerprint density at radius 1 is 1.12 bits per heavy atom. The average molecular weight is 449 g/mol. The summed E-state index contributed by atoms with van der Waals surface area (Å²) in [5.74, 6) is 0. The molecule has 0 radical (unpaired) electrons. The lowest BCUT2D eigenvalue weighted by Gasteiger charge is -2.25. The van der Waals surface area contributed by atoms with Crippen molar-refractivity contribution in [3.8, 4) is 0 Å². The van der Waals surface area contributed by atoms with Crippen molar-refractivity contribution in [2.24, 2.45) is 4.99 Å². The summed E-state index contributed by atoms with van der Waals surface area (Å²) in [6.07, 6.45) is 5.31. The van der Waals surface area contributed by atoms with E-state index in [0.29, 0.717) is 6.61 Å². The number of allylic oxidation sites excluding steroid dienone is 1. The number of rotatable bonds is 11. The predicted octanol–water partition coefficient (Wildman–Crippen LogP) is 5.06. The molecule has 0 bridgehead atoms. The van der Waals surface area contributed by atoms with Crippen molar-refractivity contribution < 1.29 is 4.74 Å². The minimum Gasteiger partial charge on any atom is -0.376 e. The highest BCUT2D eigenvalue weighted by Crippen LogP contribution is 2.26. The Kier molecular flexibility index (Phi) is 9.98. The van der Waals surface area contributed by atoms with Crippen molar-refractivity contribution in [3.05, 3.63) is 77.0 Å². The number of ether oxygens (including phenoxy) is 1. The van der Waals surface area contributed by atoms with Gasteiger partial charge >= 0.3 is 0 Å². The second kappa shape index (κ2) is 13.2. The minimum atomic E-state index is 0.0843. The molecule has 1 unspecified atom stereocenters. The van der Waals surface area contributed by atoms with Gasteiger partial charge in [0.05, 0.1) is 12.7 Å². The van der Waals surface area contributed by atoms with E-state index in [2.05, 4.69) is 88.7 Å². The summed E-state index contributed by atoms with van der Waals surface area (Å²) in [4.78, 5) is 9.22. The van der Waals surface area contributed by atoms with Crippen LogP contribution >= 0.6 is 0 Å². The van der Waals surface area contributed by atoms with E-state index in [1.807, 2.05) is 20.3 Å². The summed E-state index contributed by atoms with van der Waals surface area (Å²) in [7, 11) is 6.06. The lowest BCUT2D eigenvalue weighted by Crippen LogP contribution is -2.30. The quantitative estimate of drug-likeness (QED) is 0.488. The van der Waals surface area contributed by atoms with Crippen LogP contribution in [-0.4, -0.2) is 58.4 Å². The molecule has 0 aliphatic carbocycles. The zero-order valence-corrected chi connectivity index (χ0v) is 20.8. The number of aliphatic imine (C=N–C) groups is 1. The van der Waals surface area contributed by atoms with Gasteiger partial charge < -0.3 is 19.9 Å². The van der Waals surface area contributed by atoms with Crippen LogP contribution in [0.25, 0.3) is 0 Å². The van der Waals surface area contributed by atoms with E-state index in [-0.39, 0.29) is 6.10 Å². The maximum Gasteiger partial charge on any atom is 0.0841 e. The third kappa shape index (κ3) is 7.18. The van der Waals surface area contributed by atoms with Gasteiger partial charge in [0.25, 0.3) is 0 Å². The lowest BCUT2D eigenvalue weighted by molar-refractivity contribution is 0.0344. The Balaban J connectivity index is 1.74. The molecule has 0 saturated carbocycles. The van der Waals surface area contributed by atoms with Gasteiger partial charge in [-0.2, -0.15) is 0 Å². The number of likely N-dealkylation sites (N-methyl/N-ethyl adjacent to an activating group) is 1. The maximum absolute atomic E-state index is 6.41. The molecule has 33 heavy (non-hydrogen) atoms. The molecule has 3 rings (SSSR count). The number of hydrogen-bond acceptors (Lipinski definition) is 5. The van der Waals surface area contributed by atoms with Crippen LogP contribution in [0.5, 0.6) is 0 Å². The second-order valence-corrected chi connectivity index (χ2v) is 8.72. The normalized spacial score (nSPS) is 15.9. The van der Waals surface area contributed by atoms with Crippen molar-refractivity contribution in [2.75, 3.05) is 52.2 Å². The van der Waals surface area contributed by atoms with E-state index in [4.69, 9.17) is 4.74 Å². The summed E-state index contributed by atoms with van der Waals surface area (Å²) in [6.45, 7) is 6.66. The number of anilines is 1. The summed E-state index contributed by atoms with van der Waals surface area (Å²) < 4.78 is 6.41. The topological polar surface area (TPSA) is 40.1 Å².